The Balaban J connectivity index is 2.59. The van der Waals surface area contributed by atoms with Crippen LogP contribution in [-0.4, -0.2) is 39.6 Å². The molecule has 0 aliphatic carbocycles. The van der Waals surface area contributed by atoms with Crippen LogP contribution in [0.1, 0.15) is 25.3 Å². The molecule has 5 heteroatoms. The predicted molar refractivity (Wildman–Crippen MR) is 83.3 cm³/mol. The second-order valence-electron chi connectivity index (χ2n) is 5.10. The molecule has 1 atom stereocenters. The molecule has 1 unspecified atom stereocenters. The van der Waals surface area contributed by atoms with Crippen molar-refractivity contribution in [3.05, 3.63) is 17.7 Å². The van der Waals surface area contributed by atoms with Gasteiger partial charge < -0.3 is 24.6 Å². The Morgan fingerprint density at radius 1 is 1.10 bits per heavy atom. The maximum atomic E-state index is 8.98. The first-order valence-corrected chi connectivity index (χ1v) is 7.27. The number of aliphatic hydroxyl groups excluding tert-OH is 1. The summed E-state index contributed by atoms with van der Waals surface area (Å²) in [4.78, 5) is 0. The molecule has 0 aliphatic rings. The summed E-state index contributed by atoms with van der Waals surface area (Å²) in [6, 6.07) is 3.86. The van der Waals surface area contributed by atoms with E-state index in [4.69, 9.17) is 19.3 Å². The summed E-state index contributed by atoms with van der Waals surface area (Å²) in [7, 11) is 4.84. The molecule has 1 aromatic rings. The molecule has 0 saturated carbocycles. The van der Waals surface area contributed by atoms with Gasteiger partial charge in [-0.3, -0.25) is 0 Å². The van der Waals surface area contributed by atoms with Crippen molar-refractivity contribution in [1.29, 1.82) is 0 Å². The Labute approximate surface area is 127 Å². The minimum Gasteiger partial charge on any atom is -0.493 e. The fraction of sp³-hybridized carbons (Fsp3) is 0.625. The lowest BCUT2D eigenvalue weighted by atomic mass is 10.1. The van der Waals surface area contributed by atoms with Gasteiger partial charge in [0.15, 0.2) is 11.5 Å². The zero-order valence-electron chi connectivity index (χ0n) is 13.4. The fourth-order valence-corrected chi connectivity index (χ4v) is 2.19. The topological polar surface area (TPSA) is 60.0 Å². The van der Waals surface area contributed by atoms with Gasteiger partial charge in [-0.25, -0.2) is 0 Å². The Kier molecular flexibility index (Phi) is 7.93. The number of aliphatic hydroxyl groups is 1. The maximum absolute atomic E-state index is 8.98. The second kappa shape index (κ2) is 9.47. The summed E-state index contributed by atoms with van der Waals surface area (Å²) < 4.78 is 16.1. The SMILES string of the molecule is COc1ccc(CNCCCC(C)CO)c(OC)c1OC. The van der Waals surface area contributed by atoms with Gasteiger partial charge in [0.2, 0.25) is 5.75 Å². The van der Waals surface area contributed by atoms with Crippen molar-refractivity contribution in [2.45, 2.75) is 26.3 Å². The monoisotopic (exact) mass is 297 g/mol. The normalized spacial score (nSPS) is 12.0. The summed E-state index contributed by atoms with van der Waals surface area (Å²) in [5, 5.41) is 12.4. The first-order chi connectivity index (χ1) is 10.2. The van der Waals surface area contributed by atoms with Crippen LogP contribution in [0.3, 0.4) is 0 Å². The number of ether oxygens (including phenoxy) is 3. The van der Waals surface area contributed by atoms with E-state index in [-0.39, 0.29) is 6.61 Å². The van der Waals surface area contributed by atoms with Gasteiger partial charge in [0, 0.05) is 18.7 Å². The maximum Gasteiger partial charge on any atom is 0.203 e. The average Bonchev–Trinajstić information content (AvgIpc) is 2.53. The van der Waals surface area contributed by atoms with Crippen molar-refractivity contribution >= 4 is 0 Å². The molecule has 0 amide bonds. The molecular weight excluding hydrogens is 270 g/mol. The molecule has 21 heavy (non-hydrogen) atoms. The lowest BCUT2D eigenvalue weighted by Crippen LogP contribution is -2.16. The highest BCUT2D eigenvalue weighted by atomic mass is 16.5. The molecule has 0 bridgehead atoms. The van der Waals surface area contributed by atoms with Crippen molar-refractivity contribution in [2.24, 2.45) is 5.92 Å². The van der Waals surface area contributed by atoms with Crippen LogP contribution in [0, 0.1) is 5.92 Å². The van der Waals surface area contributed by atoms with Crippen LogP contribution in [0.2, 0.25) is 0 Å². The van der Waals surface area contributed by atoms with Crippen LogP contribution in [-0.2, 0) is 6.54 Å². The van der Waals surface area contributed by atoms with Crippen LogP contribution in [0.4, 0.5) is 0 Å². The average molecular weight is 297 g/mol. The molecular formula is C16H27NO4. The van der Waals surface area contributed by atoms with E-state index in [1.807, 2.05) is 12.1 Å². The van der Waals surface area contributed by atoms with Gasteiger partial charge in [-0.05, 0) is 31.4 Å². The van der Waals surface area contributed by atoms with Crippen molar-refractivity contribution in [3.63, 3.8) is 0 Å². The van der Waals surface area contributed by atoms with E-state index in [9.17, 15) is 0 Å². The Morgan fingerprint density at radius 2 is 1.81 bits per heavy atom. The molecule has 0 saturated heterocycles. The summed E-state index contributed by atoms with van der Waals surface area (Å²) in [6.07, 6.45) is 2.06. The van der Waals surface area contributed by atoms with E-state index in [0.29, 0.717) is 29.7 Å². The summed E-state index contributed by atoms with van der Waals surface area (Å²) >= 11 is 0. The van der Waals surface area contributed by atoms with Crippen LogP contribution in [0.15, 0.2) is 12.1 Å². The number of hydrogen-bond acceptors (Lipinski definition) is 5. The van der Waals surface area contributed by atoms with Gasteiger partial charge in [-0.1, -0.05) is 13.0 Å². The molecule has 2 N–H and O–H groups in total. The smallest absolute Gasteiger partial charge is 0.203 e. The Bertz CT molecular complexity index is 423. The van der Waals surface area contributed by atoms with Gasteiger partial charge in [0.25, 0.3) is 0 Å². The molecule has 0 spiro atoms. The number of benzene rings is 1. The van der Waals surface area contributed by atoms with Crippen LogP contribution >= 0.6 is 0 Å². The highest BCUT2D eigenvalue weighted by Gasteiger charge is 2.15. The first-order valence-electron chi connectivity index (χ1n) is 7.27. The van der Waals surface area contributed by atoms with Gasteiger partial charge in [0.1, 0.15) is 0 Å². The van der Waals surface area contributed by atoms with Crippen molar-refractivity contribution in [3.8, 4) is 17.2 Å². The zero-order chi connectivity index (χ0) is 15.7. The van der Waals surface area contributed by atoms with Crippen LogP contribution < -0.4 is 19.5 Å². The fourth-order valence-electron chi connectivity index (χ4n) is 2.19. The highest BCUT2D eigenvalue weighted by molar-refractivity contribution is 5.55. The van der Waals surface area contributed by atoms with E-state index in [2.05, 4.69) is 12.2 Å². The molecule has 0 heterocycles. The Morgan fingerprint density at radius 3 is 2.38 bits per heavy atom. The molecule has 120 valence electrons. The molecule has 5 nitrogen and oxygen atoms in total. The van der Waals surface area contributed by atoms with Crippen LogP contribution in [0.5, 0.6) is 17.2 Å². The molecule has 0 fully saturated rings. The van der Waals surface area contributed by atoms with E-state index in [0.717, 1.165) is 24.9 Å². The summed E-state index contributed by atoms with van der Waals surface area (Å²) in [6.45, 7) is 3.92. The standard InChI is InChI=1S/C16H27NO4/c1-12(11-18)6-5-9-17-10-13-7-8-14(19-2)16(21-4)15(13)20-3/h7-8,12,17-18H,5-6,9-11H2,1-4H3. The van der Waals surface area contributed by atoms with E-state index in [1.54, 1.807) is 21.3 Å². The number of rotatable bonds is 10. The van der Waals surface area contributed by atoms with Gasteiger partial charge in [-0.15, -0.1) is 0 Å². The molecule has 0 aliphatic heterocycles. The molecule has 0 aromatic heterocycles. The van der Waals surface area contributed by atoms with Crippen molar-refractivity contribution in [1.82, 2.24) is 5.32 Å². The largest absolute Gasteiger partial charge is 0.493 e. The third-order valence-electron chi connectivity index (χ3n) is 3.46. The minimum absolute atomic E-state index is 0.253. The summed E-state index contributed by atoms with van der Waals surface area (Å²) in [5.74, 6) is 2.35. The van der Waals surface area contributed by atoms with Crippen molar-refractivity contribution in [2.75, 3.05) is 34.5 Å². The Hall–Kier alpha value is -1.46. The quantitative estimate of drug-likeness (QED) is 0.648. The number of nitrogens with one attached hydrogen (secondary N) is 1. The highest BCUT2D eigenvalue weighted by Crippen LogP contribution is 2.39. The van der Waals surface area contributed by atoms with E-state index < -0.39 is 0 Å². The van der Waals surface area contributed by atoms with Crippen molar-refractivity contribution < 1.29 is 19.3 Å². The van der Waals surface area contributed by atoms with E-state index >= 15 is 0 Å². The van der Waals surface area contributed by atoms with Gasteiger partial charge >= 0.3 is 0 Å². The number of methoxy groups -OCH3 is 3. The third-order valence-corrected chi connectivity index (χ3v) is 3.46. The first kappa shape index (κ1) is 17.6. The van der Waals surface area contributed by atoms with Gasteiger partial charge in [-0.2, -0.15) is 0 Å². The molecule has 1 aromatic carbocycles. The lowest BCUT2D eigenvalue weighted by Gasteiger charge is -2.16. The second-order valence-corrected chi connectivity index (χ2v) is 5.10. The van der Waals surface area contributed by atoms with Gasteiger partial charge in [0.05, 0.1) is 21.3 Å². The minimum atomic E-state index is 0.253. The summed E-state index contributed by atoms with van der Waals surface area (Å²) in [5.41, 5.74) is 1.03. The van der Waals surface area contributed by atoms with E-state index in [1.165, 1.54) is 0 Å². The zero-order valence-corrected chi connectivity index (χ0v) is 13.4. The molecule has 1 rings (SSSR count). The third kappa shape index (κ3) is 5.10. The molecule has 0 radical (unpaired) electrons. The predicted octanol–water partition coefficient (Wildman–Crippen LogP) is 2.21. The van der Waals surface area contributed by atoms with Crippen LogP contribution in [0.25, 0.3) is 0 Å². The lowest BCUT2D eigenvalue weighted by molar-refractivity contribution is 0.228. The number of hydrogen-bond donors (Lipinski definition) is 2.